The third-order valence-electron chi connectivity index (χ3n) is 2.43. The second-order valence-corrected chi connectivity index (χ2v) is 6.43. The van der Waals surface area contributed by atoms with Gasteiger partial charge in [0.2, 0.25) is 15.9 Å². The van der Waals surface area contributed by atoms with Gasteiger partial charge in [0.25, 0.3) is 0 Å². The number of rotatable bonds is 7. The first-order chi connectivity index (χ1) is 8.05. The number of amides is 1. The highest BCUT2D eigenvalue weighted by Crippen LogP contribution is 2.03. The van der Waals surface area contributed by atoms with Gasteiger partial charge < -0.3 is 10.0 Å². The van der Waals surface area contributed by atoms with Crippen molar-refractivity contribution in [3.8, 4) is 0 Å². The van der Waals surface area contributed by atoms with Crippen molar-refractivity contribution in [3.63, 3.8) is 0 Å². The van der Waals surface area contributed by atoms with Crippen LogP contribution < -0.4 is 0 Å². The molecular formula is C10H20N2O5S. The van der Waals surface area contributed by atoms with Gasteiger partial charge in [-0.1, -0.05) is 0 Å². The lowest BCUT2D eigenvalue weighted by Crippen LogP contribution is -2.44. The molecule has 0 heterocycles. The van der Waals surface area contributed by atoms with Crippen LogP contribution in [-0.2, 0) is 19.6 Å². The molecule has 0 atom stereocenters. The van der Waals surface area contributed by atoms with Crippen molar-refractivity contribution in [1.29, 1.82) is 0 Å². The van der Waals surface area contributed by atoms with Gasteiger partial charge in [-0.2, -0.15) is 4.31 Å². The Hall–Kier alpha value is -1.15. The van der Waals surface area contributed by atoms with Crippen molar-refractivity contribution < 1.29 is 23.1 Å². The molecule has 0 bridgehead atoms. The van der Waals surface area contributed by atoms with Crippen molar-refractivity contribution in [3.05, 3.63) is 0 Å². The van der Waals surface area contributed by atoms with E-state index in [2.05, 4.69) is 0 Å². The van der Waals surface area contributed by atoms with Gasteiger partial charge in [0.05, 0.1) is 19.2 Å². The maximum absolute atomic E-state index is 11.9. The smallest absolute Gasteiger partial charge is 0.305 e. The van der Waals surface area contributed by atoms with E-state index in [0.717, 1.165) is 10.6 Å². The van der Waals surface area contributed by atoms with E-state index in [9.17, 15) is 18.0 Å². The summed E-state index contributed by atoms with van der Waals surface area (Å²) in [5.41, 5.74) is 0. The number of sulfonamides is 1. The molecule has 1 amide bonds. The molecule has 8 heteroatoms. The summed E-state index contributed by atoms with van der Waals surface area (Å²) < 4.78 is 23.3. The summed E-state index contributed by atoms with van der Waals surface area (Å²) in [6.07, 6.45) is 0.851. The number of likely N-dealkylation sites (N-methyl/N-ethyl adjacent to an activating group) is 1. The van der Waals surface area contributed by atoms with E-state index in [-0.39, 0.29) is 25.6 Å². The lowest BCUT2D eigenvalue weighted by atomic mass is 10.2. The zero-order chi connectivity index (χ0) is 14.5. The number of aliphatic carboxylic acids is 1. The zero-order valence-corrected chi connectivity index (χ0v) is 11.9. The summed E-state index contributed by atoms with van der Waals surface area (Å²) in [7, 11) is -2.11. The highest BCUT2D eigenvalue weighted by Gasteiger charge is 2.22. The second-order valence-electron chi connectivity index (χ2n) is 4.34. The molecule has 0 rings (SSSR count). The molecule has 0 aliphatic rings. The molecule has 1 N–H and O–H groups in total. The highest BCUT2D eigenvalue weighted by molar-refractivity contribution is 7.88. The predicted octanol–water partition coefficient (Wildman–Crippen LogP) is -0.410. The number of carboxylic acid groups (broad SMARTS) is 1. The average Bonchev–Trinajstić information content (AvgIpc) is 2.14. The Morgan fingerprint density at radius 2 is 1.78 bits per heavy atom. The summed E-state index contributed by atoms with van der Waals surface area (Å²) in [5, 5.41) is 8.59. The first-order valence-electron chi connectivity index (χ1n) is 5.48. The largest absolute Gasteiger partial charge is 0.481 e. The number of nitrogens with zero attached hydrogens (tertiary/aromatic N) is 2. The maximum Gasteiger partial charge on any atom is 0.305 e. The summed E-state index contributed by atoms with van der Waals surface area (Å²) in [5.74, 6) is -1.40. The molecular weight excluding hydrogens is 260 g/mol. The number of carboxylic acids is 1. The first-order valence-corrected chi connectivity index (χ1v) is 7.33. The summed E-state index contributed by atoms with van der Waals surface area (Å²) in [6.45, 7) is 3.29. The third kappa shape index (κ3) is 5.97. The minimum atomic E-state index is -3.42. The van der Waals surface area contributed by atoms with Crippen LogP contribution in [0.3, 0.4) is 0 Å². The molecule has 7 nitrogen and oxygen atoms in total. The Morgan fingerprint density at radius 3 is 2.11 bits per heavy atom. The second kappa shape index (κ2) is 6.69. The minimum Gasteiger partial charge on any atom is -0.481 e. The normalized spacial score (nSPS) is 11.9. The lowest BCUT2D eigenvalue weighted by Gasteiger charge is -2.27. The highest BCUT2D eigenvalue weighted by atomic mass is 32.2. The van der Waals surface area contributed by atoms with E-state index in [1.807, 2.05) is 0 Å². The van der Waals surface area contributed by atoms with Crippen LogP contribution in [0.5, 0.6) is 0 Å². The molecule has 0 aliphatic carbocycles. The van der Waals surface area contributed by atoms with Crippen molar-refractivity contribution in [2.75, 3.05) is 26.4 Å². The van der Waals surface area contributed by atoms with Crippen LogP contribution in [0.4, 0.5) is 0 Å². The van der Waals surface area contributed by atoms with Crippen molar-refractivity contribution in [1.82, 2.24) is 9.21 Å². The molecule has 0 saturated heterocycles. The quantitative estimate of drug-likeness (QED) is 0.684. The van der Waals surface area contributed by atoms with Gasteiger partial charge in [0.15, 0.2) is 0 Å². The zero-order valence-electron chi connectivity index (χ0n) is 11.1. The summed E-state index contributed by atoms with van der Waals surface area (Å²) in [4.78, 5) is 23.7. The summed E-state index contributed by atoms with van der Waals surface area (Å²) >= 11 is 0. The van der Waals surface area contributed by atoms with Crippen molar-refractivity contribution in [2.45, 2.75) is 26.3 Å². The molecule has 0 saturated carbocycles. The van der Waals surface area contributed by atoms with Crippen LogP contribution in [0.1, 0.15) is 20.3 Å². The molecule has 18 heavy (non-hydrogen) atoms. The predicted molar refractivity (Wildman–Crippen MR) is 66.6 cm³/mol. The van der Waals surface area contributed by atoms with Gasteiger partial charge >= 0.3 is 5.97 Å². The van der Waals surface area contributed by atoms with E-state index >= 15 is 0 Å². The Balaban J connectivity index is 4.63. The summed E-state index contributed by atoms with van der Waals surface area (Å²) in [6, 6.07) is -0.176. The molecule has 0 aromatic rings. The first kappa shape index (κ1) is 16.9. The fourth-order valence-electron chi connectivity index (χ4n) is 1.29. The number of hydrogen-bond acceptors (Lipinski definition) is 4. The van der Waals surface area contributed by atoms with Gasteiger partial charge in [-0.05, 0) is 13.8 Å². The monoisotopic (exact) mass is 280 g/mol. The van der Waals surface area contributed by atoms with Gasteiger partial charge in [0.1, 0.15) is 0 Å². The van der Waals surface area contributed by atoms with Crippen LogP contribution in [0.2, 0.25) is 0 Å². The van der Waals surface area contributed by atoms with Gasteiger partial charge in [0, 0.05) is 19.6 Å². The van der Waals surface area contributed by atoms with Gasteiger partial charge in [-0.3, -0.25) is 9.59 Å². The van der Waals surface area contributed by atoms with Crippen molar-refractivity contribution >= 4 is 21.9 Å². The van der Waals surface area contributed by atoms with E-state index in [1.54, 1.807) is 13.8 Å². The maximum atomic E-state index is 11.9. The van der Waals surface area contributed by atoms with Crippen molar-refractivity contribution in [2.24, 2.45) is 0 Å². The van der Waals surface area contributed by atoms with E-state index in [0.29, 0.717) is 0 Å². The minimum absolute atomic E-state index is 0.0729. The molecule has 0 radical (unpaired) electrons. The fraction of sp³-hybridized carbons (Fsp3) is 0.800. The lowest BCUT2D eigenvalue weighted by molar-refractivity contribution is -0.139. The van der Waals surface area contributed by atoms with E-state index < -0.39 is 21.9 Å². The molecule has 0 spiro atoms. The average molecular weight is 280 g/mol. The molecule has 0 unspecified atom stereocenters. The molecule has 0 aromatic heterocycles. The number of hydrogen-bond donors (Lipinski definition) is 1. The number of carbonyl (C=O) groups is 2. The Labute approximate surface area is 107 Å². The molecule has 0 aliphatic heterocycles. The van der Waals surface area contributed by atoms with Crippen LogP contribution in [0, 0.1) is 0 Å². The Morgan fingerprint density at radius 1 is 1.28 bits per heavy atom. The van der Waals surface area contributed by atoms with Crippen LogP contribution in [0.25, 0.3) is 0 Å². The third-order valence-corrected chi connectivity index (χ3v) is 3.70. The molecule has 0 aromatic carbocycles. The van der Waals surface area contributed by atoms with Crippen LogP contribution >= 0.6 is 0 Å². The van der Waals surface area contributed by atoms with Gasteiger partial charge in [-0.25, -0.2) is 8.42 Å². The topological polar surface area (TPSA) is 95.0 Å². The Kier molecular flexibility index (Phi) is 6.27. The van der Waals surface area contributed by atoms with Gasteiger partial charge in [-0.15, -0.1) is 0 Å². The van der Waals surface area contributed by atoms with E-state index in [1.165, 1.54) is 11.9 Å². The SMILES string of the molecule is CC(C)N(CCC(=O)O)C(=O)CN(C)S(C)(=O)=O. The Bertz CT molecular complexity index is 404. The molecule has 106 valence electrons. The fourth-order valence-corrected chi connectivity index (χ4v) is 1.63. The standard InChI is InChI=1S/C10H20N2O5S/c1-8(2)12(6-5-10(14)15)9(13)7-11(3)18(4,16)17/h8H,5-7H2,1-4H3,(H,14,15). The van der Waals surface area contributed by atoms with Crippen LogP contribution in [0.15, 0.2) is 0 Å². The molecule has 0 fully saturated rings. The number of carbonyl (C=O) groups excluding carboxylic acids is 1. The van der Waals surface area contributed by atoms with Crippen LogP contribution in [-0.4, -0.2) is 67.0 Å². The van der Waals surface area contributed by atoms with E-state index in [4.69, 9.17) is 5.11 Å².